The van der Waals surface area contributed by atoms with Gasteiger partial charge in [0.15, 0.2) is 25.0 Å². The van der Waals surface area contributed by atoms with E-state index in [1.165, 1.54) is 0 Å². The first-order chi connectivity index (χ1) is 18.9. The van der Waals surface area contributed by atoms with E-state index in [1.807, 2.05) is 0 Å². The molecule has 3 aliphatic heterocycles. The summed E-state index contributed by atoms with van der Waals surface area (Å²) in [5.74, 6) is -1.76. The van der Waals surface area contributed by atoms with E-state index in [0.717, 1.165) is 0 Å². The molecule has 19 nitrogen and oxygen atoms in total. The van der Waals surface area contributed by atoms with E-state index < -0.39 is 131 Å². The zero-order valence-corrected chi connectivity index (χ0v) is 20.8. The minimum Gasteiger partial charge on any atom is -0.479 e. The first-order valence-electron chi connectivity index (χ1n) is 12.3. The van der Waals surface area contributed by atoms with Gasteiger partial charge in [0, 0.05) is 0 Å². The van der Waals surface area contributed by atoms with Crippen LogP contribution in [0.3, 0.4) is 0 Å². The van der Waals surface area contributed by atoms with Crippen molar-refractivity contribution in [2.24, 2.45) is 0 Å². The Bertz CT molecular complexity index is 796. The van der Waals surface area contributed by atoms with Gasteiger partial charge in [-0.1, -0.05) is 0 Å². The van der Waals surface area contributed by atoms with Crippen molar-refractivity contribution in [1.29, 1.82) is 0 Å². The largest absolute Gasteiger partial charge is 0.479 e. The maximum Gasteiger partial charge on any atom is 0.335 e. The van der Waals surface area contributed by atoms with Crippen molar-refractivity contribution in [2.45, 2.75) is 98.2 Å². The predicted octanol–water partition coefficient (Wildman–Crippen LogP) is -8.10. The third-order valence-electron chi connectivity index (χ3n) is 6.78. The fourth-order valence-electron chi connectivity index (χ4n) is 4.44. The minimum atomic E-state index is -2.16. The molecule has 40 heavy (non-hydrogen) atoms. The molecule has 0 aliphatic carbocycles. The molecule has 0 saturated carbocycles. The first kappa shape index (κ1) is 33.3. The lowest BCUT2D eigenvalue weighted by molar-refractivity contribution is -0.387. The van der Waals surface area contributed by atoms with Crippen LogP contribution in [0.25, 0.3) is 0 Å². The summed E-state index contributed by atoms with van der Waals surface area (Å²) < 4.78 is 32.0. The zero-order valence-electron chi connectivity index (χ0n) is 20.8. The molecule has 0 aromatic carbocycles. The number of aliphatic hydroxyl groups is 11. The third-order valence-corrected chi connectivity index (χ3v) is 6.78. The smallest absolute Gasteiger partial charge is 0.335 e. The monoisotopic (exact) mass is 592 g/mol. The summed E-state index contributed by atoms with van der Waals surface area (Å²) in [5.41, 5.74) is 0. The lowest BCUT2D eigenvalue weighted by Crippen LogP contribution is -2.67. The first-order valence-corrected chi connectivity index (χ1v) is 12.3. The molecule has 0 amide bonds. The van der Waals surface area contributed by atoms with Crippen LogP contribution in [0, 0.1) is 0 Å². The summed E-state index contributed by atoms with van der Waals surface area (Å²) in [5, 5.41) is 120. The highest BCUT2D eigenvalue weighted by Gasteiger charge is 2.55. The molecule has 15 unspecified atom stereocenters. The van der Waals surface area contributed by atoms with Crippen LogP contribution in [0.5, 0.6) is 0 Å². The van der Waals surface area contributed by atoms with Gasteiger partial charge in [-0.2, -0.15) is 0 Å². The summed E-state index contributed by atoms with van der Waals surface area (Å²) in [6.45, 7) is -3.13. The number of carbonyl (C=O) groups is 1. The van der Waals surface area contributed by atoms with Crippen molar-refractivity contribution in [3.63, 3.8) is 0 Å². The number of hydrogen-bond acceptors (Lipinski definition) is 18. The standard InChI is InChI=1S/C21H36O19/c22-1-5(2-23)35-20-14(32)15(9(27)7(4-25)37-20)38-21-17(12(30)11(29)16(39-21)18(33)34)40-19-13(31)10(28)8(26)6(3-24)36-19/h5-17,19-32H,1-4H2,(H,33,34). The van der Waals surface area contributed by atoms with Crippen LogP contribution in [0.4, 0.5) is 0 Å². The topological polar surface area (TPSA) is 315 Å². The van der Waals surface area contributed by atoms with Crippen LogP contribution in [0.15, 0.2) is 0 Å². The molecule has 3 heterocycles. The van der Waals surface area contributed by atoms with Crippen LogP contribution < -0.4 is 0 Å². The van der Waals surface area contributed by atoms with Gasteiger partial charge < -0.3 is 89.7 Å². The van der Waals surface area contributed by atoms with Crippen LogP contribution in [-0.2, 0) is 33.2 Å². The Hall–Kier alpha value is -1.21. The van der Waals surface area contributed by atoms with Gasteiger partial charge >= 0.3 is 5.97 Å². The molecule has 3 aliphatic rings. The minimum absolute atomic E-state index is 0.716. The summed E-state index contributed by atoms with van der Waals surface area (Å²) in [7, 11) is 0. The van der Waals surface area contributed by atoms with Gasteiger partial charge in [-0.05, 0) is 0 Å². The Morgan fingerprint density at radius 1 is 0.600 bits per heavy atom. The molecule has 19 heteroatoms. The fourth-order valence-corrected chi connectivity index (χ4v) is 4.44. The Kier molecular flexibility index (Phi) is 11.9. The van der Waals surface area contributed by atoms with Gasteiger partial charge in [-0.3, -0.25) is 0 Å². The van der Waals surface area contributed by atoms with Gasteiger partial charge in [-0.15, -0.1) is 0 Å². The molecule has 0 aromatic heterocycles. The molecule has 0 aromatic rings. The van der Waals surface area contributed by atoms with Gasteiger partial charge in [0.2, 0.25) is 0 Å². The Balaban J connectivity index is 1.89. The van der Waals surface area contributed by atoms with Gasteiger partial charge in [0.1, 0.15) is 73.2 Å². The highest BCUT2D eigenvalue weighted by Crippen LogP contribution is 2.33. The number of hydrogen-bond donors (Lipinski definition) is 12. The summed E-state index contributed by atoms with van der Waals surface area (Å²) >= 11 is 0. The molecular weight excluding hydrogens is 556 g/mol. The highest BCUT2D eigenvalue weighted by molar-refractivity contribution is 5.73. The Morgan fingerprint density at radius 3 is 1.70 bits per heavy atom. The summed E-state index contributed by atoms with van der Waals surface area (Å²) in [4.78, 5) is 11.7. The second-order valence-electron chi connectivity index (χ2n) is 9.47. The van der Waals surface area contributed by atoms with E-state index in [4.69, 9.17) is 28.4 Å². The molecule has 3 fully saturated rings. The quantitative estimate of drug-likeness (QED) is 0.106. The molecule has 234 valence electrons. The van der Waals surface area contributed by atoms with E-state index in [-0.39, 0.29) is 0 Å². The lowest BCUT2D eigenvalue weighted by Gasteiger charge is -2.48. The number of carboxylic acids is 1. The zero-order chi connectivity index (χ0) is 29.9. The molecule has 0 spiro atoms. The lowest BCUT2D eigenvalue weighted by atomic mass is 9.96. The average molecular weight is 593 g/mol. The Labute approximate surface area is 225 Å². The van der Waals surface area contributed by atoms with E-state index >= 15 is 0 Å². The summed E-state index contributed by atoms with van der Waals surface area (Å²) in [6, 6.07) is 0. The molecule has 3 rings (SSSR count). The molecule has 15 atom stereocenters. The van der Waals surface area contributed by atoms with Gasteiger partial charge in [-0.25, -0.2) is 4.79 Å². The molecule has 0 radical (unpaired) electrons. The van der Waals surface area contributed by atoms with Crippen LogP contribution in [-0.4, -0.2) is 192 Å². The van der Waals surface area contributed by atoms with Gasteiger partial charge in [0.25, 0.3) is 0 Å². The number of aliphatic carboxylic acids is 1. The normalized spacial score (nSPS) is 46.5. The van der Waals surface area contributed by atoms with Crippen molar-refractivity contribution >= 4 is 5.97 Å². The predicted molar refractivity (Wildman–Crippen MR) is 119 cm³/mol. The Morgan fingerprint density at radius 2 is 1.15 bits per heavy atom. The second-order valence-corrected chi connectivity index (χ2v) is 9.47. The van der Waals surface area contributed by atoms with Crippen molar-refractivity contribution in [2.75, 3.05) is 26.4 Å². The maximum atomic E-state index is 11.7. The summed E-state index contributed by atoms with van der Waals surface area (Å²) in [6.07, 6.45) is -29.7. The highest BCUT2D eigenvalue weighted by atomic mass is 16.8. The van der Waals surface area contributed by atoms with E-state index in [9.17, 15) is 66.1 Å². The van der Waals surface area contributed by atoms with Crippen molar-refractivity contribution < 1.29 is 94.5 Å². The van der Waals surface area contributed by atoms with Crippen LogP contribution in [0.1, 0.15) is 0 Å². The molecule has 0 bridgehead atoms. The van der Waals surface area contributed by atoms with Crippen molar-refractivity contribution in [3.05, 3.63) is 0 Å². The SMILES string of the molecule is O=C(O)C1OC(OC2C(O)C(CO)OC(OC(CO)CO)C2O)C(OC2OC(CO)C(O)C(O)C2O)C(O)C1O. The molecule has 12 N–H and O–H groups in total. The average Bonchev–Trinajstić information content (AvgIpc) is 2.93. The number of ether oxygens (including phenoxy) is 6. The van der Waals surface area contributed by atoms with Crippen LogP contribution in [0.2, 0.25) is 0 Å². The van der Waals surface area contributed by atoms with E-state index in [2.05, 4.69) is 0 Å². The van der Waals surface area contributed by atoms with Crippen molar-refractivity contribution in [1.82, 2.24) is 0 Å². The van der Waals surface area contributed by atoms with E-state index in [0.29, 0.717) is 0 Å². The van der Waals surface area contributed by atoms with Crippen molar-refractivity contribution in [3.8, 4) is 0 Å². The van der Waals surface area contributed by atoms with E-state index in [1.54, 1.807) is 0 Å². The fraction of sp³-hybridized carbons (Fsp3) is 0.952. The molecule has 3 saturated heterocycles. The number of carboxylic acid groups (broad SMARTS) is 1. The number of aliphatic hydroxyl groups excluding tert-OH is 11. The maximum absolute atomic E-state index is 11.7. The van der Waals surface area contributed by atoms with Gasteiger partial charge in [0.05, 0.1) is 26.4 Å². The third kappa shape index (κ3) is 6.88. The number of rotatable bonds is 11. The molecular formula is C21H36O19. The van der Waals surface area contributed by atoms with Crippen LogP contribution >= 0.6 is 0 Å². The second kappa shape index (κ2) is 14.3.